The third-order valence-electron chi connectivity index (χ3n) is 3.31. The highest BCUT2D eigenvalue weighted by Crippen LogP contribution is 2.26. The first kappa shape index (κ1) is 14.5. The van der Waals surface area contributed by atoms with Gasteiger partial charge in [-0.3, -0.25) is 0 Å². The van der Waals surface area contributed by atoms with Crippen LogP contribution in [0.15, 0.2) is 29.8 Å². The van der Waals surface area contributed by atoms with E-state index >= 15 is 0 Å². The van der Waals surface area contributed by atoms with Gasteiger partial charge in [0.05, 0.1) is 11.2 Å². The number of nitrogens with zero attached hydrogens (tertiary/aromatic N) is 1. The van der Waals surface area contributed by atoms with Gasteiger partial charge in [-0.05, 0) is 38.0 Å². The van der Waals surface area contributed by atoms with Gasteiger partial charge in [0, 0.05) is 22.0 Å². The minimum Gasteiger partial charge on any atom is -0.303 e. The Labute approximate surface area is 123 Å². The molecule has 2 atom stereocenters. The fourth-order valence-electron chi connectivity index (χ4n) is 2.25. The van der Waals surface area contributed by atoms with E-state index in [1.165, 1.54) is 10.4 Å². The smallest absolute Gasteiger partial charge is 0.0798 e. The number of halogens is 1. The highest BCUT2D eigenvalue weighted by molar-refractivity contribution is 7.09. The van der Waals surface area contributed by atoms with Crippen LogP contribution in [-0.4, -0.2) is 4.98 Å². The lowest BCUT2D eigenvalue weighted by atomic mass is 10.0. The molecule has 1 N–H and O–H groups in total. The van der Waals surface area contributed by atoms with Crippen LogP contribution in [0.5, 0.6) is 0 Å². The molecule has 0 fully saturated rings. The molecule has 0 bridgehead atoms. The summed E-state index contributed by atoms with van der Waals surface area (Å²) in [6.45, 7) is 6.45. The van der Waals surface area contributed by atoms with Crippen molar-refractivity contribution in [1.82, 2.24) is 10.3 Å². The molecule has 0 radical (unpaired) electrons. The zero-order valence-corrected chi connectivity index (χ0v) is 13.1. The van der Waals surface area contributed by atoms with E-state index in [0.29, 0.717) is 12.1 Å². The molecule has 0 aliphatic rings. The summed E-state index contributed by atoms with van der Waals surface area (Å²) in [5.74, 6) is 0. The monoisotopic (exact) mass is 294 g/mol. The van der Waals surface area contributed by atoms with Crippen molar-refractivity contribution in [2.75, 3.05) is 0 Å². The summed E-state index contributed by atoms with van der Waals surface area (Å²) in [7, 11) is 0. The van der Waals surface area contributed by atoms with E-state index in [9.17, 15) is 0 Å². The summed E-state index contributed by atoms with van der Waals surface area (Å²) in [6, 6.07) is 8.74. The zero-order chi connectivity index (χ0) is 13.8. The third kappa shape index (κ3) is 3.56. The molecule has 19 heavy (non-hydrogen) atoms. The van der Waals surface area contributed by atoms with Crippen LogP contribution >= 0.6 is 22.9 Å². The van der Waals surface area contributed by atoms with Crippen molar-refractivity contribution in [2.45, 2.75) is 39.3 Å². The first-order valence-electron chi connectivity index (χ1n) is 6.53. The summed E-state index contributed by atoms with van der Waals surface area (Å²) in [5.41, 5.74) is 4.31. The normalized spacial score (nSPS) is 14.3. The summed E-state index contributed by atoms with van der Waals surface area (Å²) < 4.78 is 0. The van der Waals surface area contributed by atoms with Gasteiger partial charge < -0.3 is 5.32 Å². The summed E-state index contributed by atoms with van der Waals surface area (Å²) >= 11 is 7.65. The Morgan fingerprint density at radius 2 is 2.00 bits per heavy atom. The van der Waals surface area contributed by atoms with Crippen molar-refractivity contribution in [3.8, 4) is 0 Å². The first-order chi connectivity index (χ1) is 9.11. The minimum atomic E-state index is 0.313. The van der Waals surface area contributed by atoms with E-state index < -0.39 is 0 Å². The Hall–Kier alpha value is -0.900. The van der Waals surface area contributed by atoms with E-state index in [0.717, 1.165) is 17.1 Å². The molecular formula is C15H19ClN2S. The molecule has 1 heterocycles. The second kappa shape index (κ2) is 6.51. The first-order valence-corrected chi connectivity index (χ1v) is 7.79. The van der Waals surface area contributed by atoms with Crippen LogP contribution in [0, 0.1) is 6.92 Å². The lowest BCUT2D eigenvalue weighted by molar-refractivity contribution is 0.459. The fraction of sp³-hybridized carbons (Fsp3) is 0.400. The average Bonchev–Trinajstić information content (AvgIpc) is 2.83. The molecular weight excluding hydrogens is 276 g/mol. The van der Waals surface area contributed by atoms with Crippen molar-refractivity contribution in [3.05, 3.63) is 50.9 Å². The van der Waals surface area contributed by atoms with E-state index in [-0.39, 0.29) is 0 Å². The Bertz CT molecular complexity index is 521. The maximum atomic E-state index is 5.94. The number of thiazole rings is 1. The number of benzene rings is 1. The van der Waals surface area contributed by atoms with E-state index in [2.05, 4.69) is 43.2 Å². The Morgan fingerprint density at radius 3 is 2.53 bits per heavy atom. The van der Waals surface area contributed by atoms with Crippen LogP contribution in [0.1, 0.15) is 48.5 Å². The molecule has 2 aromatic rings. The number of aromatic nitrogens is 1. The largest absolute Gasteiger partial charge is 0.303 e. The van der Waals surface area contributed by atoms with Crippen molar-refractivity contribution in [3.63, 3.8) is 0 Å². The Morgan fingerprint density at radius 1 is 1.32 bits per heavy atom. The maximum absolute atomic E-state index is 5.94. The molecule has 0 amide bonds. The van der Waals surface area contributed by atoms with Crippen LogP contribution in [0.25, 0.3) is 0 Å². The number of hydrogen-bond donors (Lipinski definition) is 1. The molecule has 1 aromatic heterocycles. The number of rotatable bonds is 5. The fourth-order valence-corrected chi connectivity index (χ4v) is 3.19. The van der Waals surface area contributed by atoms with E-state index in [4.69, 9.17) is 11.6 Å². The van der Waals surface area contributed by atoms with Gasteiger partial charge in [0.1, 0.15) is 0 Å². The third-order valence-corrected chi connectivity index (χ3v) is 4.67. The molecule has 2 unspecified atom stereocenters. The minimum absolute atomic E-state index is 0.313. The summed E-state index contributed by atoms with van der Waals surface area (Å²) in [6.07, 6.45) is 1.05. The predicted molar refractivity (Wildman–Crippen MR) is 82.9 cm³/mol. The highest BCUT2D eigenvalue weighted by atomic mass is 35.5. The molecule has 102 valence electrons. The van der Waals surface area contributed by atoms with Crippen LogP contribution in [0.2, 0.25) is 5.02 Å². The number of aryl methyl sites for hydroxylation is 1. The van der Waals surface area contributed by atoms with Crippen molar-refractivity contribution >= 4 is 22.9 Å². The summed E-state index contributed by atoms with van der Waals surface area (Å²) in [4.78, 5) is 5.63. The van der Waals surface area contributed by atoms with E-state index in [1.54, 1.807) is 11.3 Å². The molecule has 4 heteroatoms. The van der Waals surface area contributed by atoms with Crippen molar-refractivity contribution < 1.29 is 0 Å². The second-order valence-corrected chi connectivity index (χ2v) is 6.03. The van der Waals surface area contributed by atoms with Crippen LogP contribution in [-0.2, 0) is 0 Å². The molecule has 0 spiro atoms. The van der Waals surface area contributed by atoms with Gasteiger partial charge in [-0.2, -0.15) is 0 Å². The second-order valence-electron chi connectivity index (χ2n) is 4.70. The van der Waals surface area contributed by atoms with Gasteiger partial charge in [-0.15, -0.1) is 11.3 Å². The van der Waals surface area contributed by atoms with Crippen LogP contribution in [0.4, 0.5) is 0 Å². The van der Waals surface area contributed by atoms with Crippen LogP contribution < -0.4 is 5.32 Å². The molecule has 0 saturated carbocycles. The molecule has 0 aliphatic heterocycles. The molecule has 2 rings (SSSR count). The lowest BCUT2D eigenvalue weighted by Gasteiger charge is -2.22. The summed E-state index contributed by atoms with van der Waals surface area (Å²) in [5, 5.41) is 4.46. The van der Waals surface area contributed by atoms with Gasteiger partial charge in [0.25, 0.3) is 0 Å². The topological polar surface area (TPSA) is 24.9 Å². The number of hydrogen-bond acceptors (Lipinski definition) is 3. The number of nitrogens with one attached hydrogen (secondary N) is 1. The van der Waals surface area contributed by atoms with Crippen molar-refractivity contribution in [2.24, 2.45) is 0 Å². The van der Waals surface area contributed by atoms with Gasteiger partial charge in [-0.25, -0.2) is 4.98 Å². The molecule has 2 nitrogen and oxygen atoms in total. The van der Waals surface area contributed by atoms with Gasteiger partial charge in [0.2, 0.25) is 0 Å². The van der Waals surface area contributed by atoms with Gasteiger partial charge in [0.15, 0.2) is 0 Å². The quantitative estimate of drug-likeness (QED) is 0.848. The van der Waals surface area contributed by atoms with Crippen molar-refractivity contribution in [1.29, 1.82) is 0 Å². The Kier molecular flexibility index (Phi) is 4.97. The van der Waals surface area contributed by atoms with Gasteiger partial charge >= 0.3 is 0 Å². The standard InChI is InChI=1S/C15H19ClN2S/c1-4-14(12-5-7-13(16)8-6-12)18-11(3)15-10(2)17-9-19-15/h5-9,11,14,18H,4H2,1-3H3. The Balaban J connectivity index is 2.11. The molecule has 1 aromatic carbocycles. The van der Waals surface area contributed by atoms with Gasteiger partial charge in [-0.1, -0.05) is 30.7 Å². The molecule has 0 saturated heterocycles. The maximum Gasteiger partial charge on any atom is 0.0798 e. The average molecular weight is 295 g/mol. The zero-order valence-electron chi connectivity index (χ0n) is 11.5. The highest BCUT2D eigenvalue weighted by Gasteiger charge is 2.16. The SMILES string of the molecule is CCC(NC(C)c1scnc1C)c1ccc(Cl)cc1. The van der Waals surface area contributed by atoms with Crippen LogP contribution in [0.3, 0.4) is 0 Å². The predicted octanol–water partition coefficient (Wildman–Crippen LogP) is 4.91. The van der Waals surface area contributed by atoms with E-state index in [1.807, 2.05) is 17.6 Å². The molecule has 0 aliphatic carbocycles. The lowest BCUT2D eigenvalue weighted by Crippen LogP contribution is -2.24.